The second-order valence-corrected chi connectivity index (χ2v) is 6.54. The van der Waals surface area contributed by atoms with Gasteiger partial charge in [0, 0.05) is 11.8 Å². The van der Waals surface area contributed by atoms with Crippen molar-refractivity contribution in [3.63, 3.8) is 0 Å². The van der Waals surface area contributed by atoms with Crippen molar-refractivity contribution in [1.82, 2.24) is 10.6 Å². The third-order valence-electron chi connectivity index (χ3n) is 2.69. The van der Waals surface area contributed by atoms with Gasteiger partial charge >= 0.3 is 0 Å². The van der Waals surface area contributed by atoms with Gasteiger partial charge in [0.15, 0.2) is 0 Å². The van der Waals surface area contributed by atoms with E-state index in [1.165, 1.54) is 18.3 Å². The van der Waals surface area contributed by atoms with E-state index in [1.54, 1.807) is 6.07 Å². The van der Waals surface area contributed by atoms with Gasteiger partial charge < -0.3 is 10.6 Å². The number of thiophene rings is 1. The molecular formula is C13H19ClN2O2S. The first-order valence-corrected chi connectivity index (χ1v) is 7.33. The molecule has 0 spiro atoms. The first-order valence-electron chi connectivity index (χ1n) is 6.14. The Bertz CT molecular complexity index is 459. The van der Waals surface area contributed by atoms with Crippen molar-refractivity contribution in [3.05, 3.63) is 21.3 Å². The summed E-state index contributed by atoms with van der Waals surface area (Å²) in [6.45, 7) is 7.09. The van der Waals surface area contributed by atoms with E-state index < -0.39 is 6.04 Å². The van der Waals surface area contributed by atoms with E-state index in [0.717, 1.165) is 4.88 Å². The molecule has 19 heavy (non-hydrogen) atoms. The topological polar surface area (TPSA) is 58.2 Å². The van der Waals surface area contributed by atoms with Gasteiger partial charge in [0.05, 0.1) is 10.4 Å². The van der Waals surface area contributed by atoms with Gasteiger partial charge in [-0.15, -0.1) is 11.3 Å². The lowest BCUT2D eigenvalue weighted by atomic mass is 10.0. The fraction of sp³-hybridized carbons (Fsp3) is 0.538. The summed E-state index contributed by atoms with van der Waals surface area (Å²) < 4.78 is 0.693. The van der Waals surface area contributed by atoms with Crippen molar-refractivity contribution in [3.8, 4) is 0 Å². The summed E-state index contributed by atoms with van der Waals surface area (Å²) in [5, 5.41) is 5.56. The van der Waals surface area contributed by atoms with Gasteiger partial charge in [-0.05, 0) is 25.0 Å². The predicted octanol–water partition coefficient (Wildman–Crippen LogP) is 2.74. The summed E-state index contributed by atoms with van der Waals surface area (Å²) in [4.78, 5) is 24.3. The van der Waals surface area contributed by atoms with Crippen LogP contribution < -0.4 is 10.6 Å². The van der Waals surface area contributed by atoms with E-state index in [9.17, 15) is 9.59 Å². The molecule has 0 unspecified atom stereocenters. The van der Waals surface area contributed by atoms with E-state index in [2.05, 4.69) is 10.6 Å². The van der Waals surface area contributed by atoms with Gasteiger partial charge in [0.1, 0.15) is 6.04 Å². The Morgan fingerprint density at radius 1 is 1.21 bits per heavy atom. The molecule has 0 fully saturated rings. The van der Waals surface area contributed by atoms with E-state index in [0.29, 0.717) is 4.34 Å². The number of carbonyl (C=O) groups is 2. The van der Waals surface area contributed by atoms with Gasteiger partial charge in [0.25, 0.3) is 0 Å². The van der Waals surface area contributed by atoms with Gasteiger partial charge in [-0.2, -0.15) is 0 Å². The van der Waals surface area contributed by atoms with Crippen LogP contribution in [-0.4, -0.2) is 17.9 Å². The number of hydrogen-bond acceptors (Lipinski definition) is 3. The largest absolute Gasteiger partial charge is 0.347 e. The Hall–Kier alpha value is -1.07. The number of halogens is 1. The third kappa shape index (κ3) is 4.84. The molecule has 4 nitrogen and oxygen atoms in total. The minimum atomic E-state index is -0.518. The normalized spacial score (nSPS) is 14.0. The average Bonchev–Trinajstić information content (AvgIpc) is 2.72. The van der Waals surface area contributed by atoms with Gasteiger partial charge in [-0.3, -0.25) is 9.59 Å². The number of rotatable bonds is 5. The average molecular weight is 303 g/mol. The Kier molecular flexibility index (Phi) is 5.82. The summed E-state index contributed by atoms with van der Waals surface area (Å²) in [5.74, 6) is -0.356. The summed E-state index contributed by atoms with van der Waals surface area (Å²) in [6, 6.07) is 3.05. The monoisotopic (exact) mass is 302 g/mol. The van der Waals surface area contributed by atoms with Crippen LogP contribution in [0.25, 0.3) is 0 Å². The highest BCUT2D eigenvalue weighted by molar-refractivity contribution is 7.16. The molecule has 0 radical (unpaired) electrons. The minimum absolute atomic E-state index is 0.0306. The van der Waals surface area contributed by atoms with Crippen LogP contribution in [-0.2, 0) is 9.59 Å². The highest BCUT2D eigenvalue weighted by Gasteiger charge is 2.24. The van der Waals surface area contributed by atoms with E-state index in [1.807, 2.05) is 26.8 Å². The molecule has 106 valence electrons. The standard InChI is InChI=1S/C13H19ClN2O2S/c1-7(2)12(16-9(4)17)13(18)15-8(3)10-5-6-11(14)19-10/h5-8,12H,1-4H3,(H,15,18)(H,16,17)/t8-,12+/m0/s1. The molecule has 2 atom stereocenters. The molecule has 1 rings (SSSR count). The third-order valence-corrected chi connectivity index (χ3v) is 4.10. The lowest BCUT2D eigenvalue weighted by Crippen LogP contribution is -2.49. The molecule has 0 saturated carbocycles. The molecular weight excluding hydrogens is 284 g/mol. The molecule has 0 bridgehead atoms. The molecule has 2 amide bonds. The summed E-state index contributed by atoms with van der Waals surface area (Å²) in [5.41, 5.74) is 0. The Morgan fingerprint density at radius 3 is 2.26 bits per heavy atom. The zero-order chi connectivity index (χ0) is 14.6. The molecule has 0 aliphatic heterocycles. The van der Waals surface area contributed by atoms with Crippen LogP contribution in [0.3, 0.4) is 0 Å². The fourth-order valence-electron chi connectivity index (χ4n) is 1.69. The molecule has 2 N–H and O–H groups in total. The summed E-state index contributed by atoms with van der Waals surface area (Å²) >= 11 is 7.31. The lowest BCUT2D eigenvalue weighted by Gasteiger charge is -2.23. The van der Waals surface area contributed by atoms with Crippen molar-refractivity contribution in [1.29, 1.82) is 0 Å². The molecule has 0 aromatic carbocycles. The first-order chi connectivity index (χ1) is 8.81. The van der Waals surface area contributed by atoms with Crippen LogP contribution in [0.2, 0.25) is 4.34 Å². The maximum Gasteiger partial charge on any atom is 0.243 e. The van der Waals surface area contributed by atoms with Crippen molar-refractivity contribution in [2.45, 2.75) is 39.8 Å². The Labute approximate surface area is 122 Å². The van der Waals surface area contributed by atoms with Crippen molar-refractivity contribution in [2.75, 3.05) is 0 Å². The molecule has 1 aromatic rings. The van der Waals surface area contributed by atoms with Crippen LogP contribution in [0.1, 0.15) is 38.6 Å². The van der Waals surface area contributed by atoms with Crippen molar-refractivity contribution in [2.24, 2.45) is 5.92 Å². The Morgan fingerprint density at radius 2 is 1.84 bits per heavy atom. The molecule has 1 aromatic heterocycles. The lowest BCUT2D eigenvalue weighted by molar-refractivity contribution is -0.129. The van der Waals surface area contributed by atoms with Gasteiger partial charge in [-0.25, -0.2) is 0 Å². The van der Waals surface area contributed by atoms with E-state index in [-0.39, 0.29) is 23.8 Å². The minimum Gasteiger partial charge on any atom is -0.347 e. The number of amides is 2. The smallest absolute Gasteiger partial charge is 0.243 e. The molecule has 0 saturated heterocycles. The number of carbonyl (C=O) groups excluding carboxylic acids is 2. The highest BCUT2D eigenvalue weighted by atomic mass is 35.5. The number of nitrogens with one attached hydrogen (secondary N) is 2. The van der Waals surface area contributed by atoms with Crippen LogP contribution in [0.4, 0.5) is 0 Å². The second kappa shape index (κ2) is 6.91. The zero-order valence-corrected chi connectivity index (χ0v) is 13.1. The second-order valence-electron chi connectivity index (χ2n) is 4.79. The van der Waals surface area contributed by atoms with Crippen molar-refractivity contribution >= 4 is 34.8 Å². The number of hydrogen-bond donors (Lipinski definition) is 2. The van der Waals surface area contributed by atoms with Crippen LogP contribution in [0, 0.1) is 5.92 Å². The highest BCUT2D eigenvalue weighted by Crippen LogP contribution is 2.26. The molecule has 6 heteroatoms. The van der Waals surface area contributed by atoms with Crippen LogP contribution in [0.15, 0.2) is 12.1 Å². The molecule has 0 aliphatic rings. The predicted molar refractivity (Wildman–Crippen MR) is 78.3 cm³/mol. The SMILES string of the molecule is CC(=O)N[C@@H](C(=O)N[C@@H](C)c1ccc(Cl)s1)C(C)C. The van der Waals surface area contributed by atoms with Gasteiger partial charge in [0.2, 0.25) is 11.8 Å². The first kappa shape index (κ1) is 16.0. The van der Waals surface area contributed by atoms with Crippen molar-refractivity contribution < 1.29 is 9.59 Å². The summed E-state index contributed by atoms with van der Waals surface area (Å²) in [7, 11) is 0. The molecule has 0 aliphatic carbocycles. The van der Waals surface area contributed by atoms with Gasteiger partial charge in [-0.1, -0.05) is 25.4 Å². The molecule has 1 heterocycles. The van der Waals surface area contributed by atoms with E-state index in [4.69, 9.17) is 11.6 Å². The zero-order valence-electron chi connectivity index (χ0n) is 11.5. The van der Waals surface area contributed by atoms with E-state index >= 15 is 0 Å². The maximum absolute atomic E-state index is 12.2. The quantitative estimate of drug-likeness (QED) is 0.878. The fourth-order valence-corrected chi connectivity index (χ4v) is 2.75. The summed E-state index contributed by atoms with van der Waals surface area (Å²) in [6.07, 6.45) is 0. The van der Waals surface area contributed by atoms with Crippen LogP contribution >= 0.6 is 22.9 Å². The Balaban J connectivity index is 2.68. The maximum atomic E-state index is 12.2. The van der Waals surface area contributed by atoms with Crippen LogP contribution in [0.5, 0.6) is 0 Å².